The number of ether oxygens (including phenoxy) is 1. The van der Waals surface area contributed by atoms with Crippen molar-refractivity contribution in [1.82, 2.24) is 9.97 Å². The molecule has 0 amide bonds. The predicted octanol–water partition coefficient (Wildman–Crippen LogP) is 3.27. The molecule has 0 radical (unpaired) electrons. The molecule has 0 saturated carbocycles. The van der Waals surface area contributed by atoms with E-state index in [0.29, 0.717) is 22.3 Å². The zero-order valence-corrected chi connectivity index (χ0v) is 11.4. The van der Waals surface area contributed by atoms with E-state index < -0.39 is 0 Å². The summed E-state index contributed by atoms with van der Waals surface area (Å²) < 4.78 is 5.48. The summed E-state index contributed by atoms with van der Waals surface area (Å²) in [6.07, 6.45) is 5.84. The monoisotopic (exact) mass is 297 g/mol. The van der Waals surface area contributed by atoms with Gasteiger partial charge < -0.3 is 10.1 Å². The molecule has 2 aromatic rings. The molecule has 0 unspecified atom stereocenters. The molecule has 0 aliphatic carbocycles. The molecule has 7 heteroatoms. The highest BCUT2D eigenvalue weighted by atomic mass is 35.5. The van der Waals surface area contributed by atoms with Crippen LogP contribution in [0.5, 0.6) is 11.6 Å². The second-order valence-electron chi connectivity index (χ2n) is 3.75. The number of anilines is 1. The van der Waals surface area contributed by atoms with Gasteiger partial charge in [0.2, 0.25) is 5.88 Å². The first-order valence-corrected chi connectivity index (χ1v) is 6.10. The van der Waals surface area contributed by atoms with E-state index >= 15 is 0 Å². The molecule has 2 aromatic heterocycles. The van der Waals surface area contributed by atoms with Crippen LogP contribution in [0.25, 0.3) is 0 Å². The molecule has 0 fully saturated rings. The number of hydrogen-bond donors (Lipinski definition) is 1. The van der Waals surface area contributed by atoms with Gasteiger partial charge in [0.15, 0.2) is 0 Å². The van der Waals surface area contributed by atoms with Crippen LogP contribution >= 0.6 is 11.6 Å². The van der Waals surface area contributed by atoms with Gasteiger partial charge in [-0.1, -0.05) is 11.6 Å². The third-order valence-electron chi connectivity index (χ3n) is 2.26. The van der Waals surface area contributed by atoms with E-state index in [9.17, 15) is 0 Å². The number of hydrogen-bond acceptors (Lipinski definition) is 6. The summed E-state index contributed by atoms with van der Waals surface area (Å²) in [5.74, 6) is 0.848. The van der Waals surface area contributed by atoms with Gasteiger partial charge in [0.25, 0.3) is 0 Å². The van der Waals surface area contributed by atoms with Crippen molar-refractivity contribution in [2.24, 2.45) is 0 Å². The van der Waals surface area contributed by atoms with Crippen LogP contribution in [0.4, 0.5) is 5.69 Å². The molecule has 0 aliphatic rings. The summed E-state index contributed by atoms with van der Waals surface area (Å²) in [4.78, 5) is 7.98. The lowest BCUT2D eigenvalue weighted by molar-refractivity contribution is 0.461. The summed E-state index contributed by atoms with van der Waals surface area (Å²) in [7, 11) is 0. The van der Waals surface area contributed by atoms with Crippen molar-refractivity contribution >= 4 is 17.3 Å². The first kappa shape index (κ1) is 14.3. The maximum atomic E-state index is 8.60. The Labute approximate surface area is 125 Å². The topological polar surface area (TPSA) is 94.6 Å². The number of rotatable bonds is 4. The molecule has 0 bridgehead atoms. The Balaban J connectivity index is 2.04. The lowest BCUT2D eigenvalue weighted by Gasteiger charge is -2.05. The van der Waals surface area contributed by atoms with Crippen LogP contribution in [-0.2, 0) is 0 Å². The number of allylic oxidation sites excluding steroid dienone is 1. The fraction of sp³-hybridized carbons (Fsp3) is 0. The van der Waals surface area contributed by atoms with E-state index in [-0.39, 0.29) is 5.57 Å². The van der Waals surface area contributed by atoms with Gasteiger partial charge in [-0.3, -0.25) is 4.98 Å². The molecule has 0 atom stereocenters. The van der Waals surface area contributed by atoms with Crippen LogP contribution in [0.15, 0.2) is 48.6 Å². The zero-order chi connectivity index (χ0) is 15.1. The van der Waals surface area contributed by atoms with Crippen molar-refractivity contribution in [3.63, 3.8) is 0 Å². The highest BCUT2D eigenvalue weighted by Crippen LogP contribution is 2.22. The average molecular weight is 298 g/mol. The van der Waals surface area contributed by atoms with Gasteiger partial charge in [-0.2, -0.15) is 10.5 Å². The first-order chi connectivity index (χ1) is 10.2. The van der Waals surface area contributed by atoms with E-state index in [1.807, 2.05) is 0 Å². The summed E-state index contributed by atoms with van der Waals surface area (Å²) in [5.41, 5.74) is 0.592. The molecular weight excluding hydrogens is 290 g/mol. The molecule has 0 spiro atoms. The smallest absolute Gasteiger partial charge is 0.219 e. The van der Waals surface area contributed by atoms with Gasteiger partial charge in [0, 0.05) is 24.5 Å². The fourth-order valence-electron chi connectivity index (χ4n) is 1.34. The Morgan fingerprint density at radius 2 is 2.05 bits per heavy atom. The number of nitrogens with one attached hydrogen (secondary N) is 1. The van der Waals surface area contributed by atoms with Gasteiger partial charge in [0.05, 0.1) is 23.1 Å². The van der Waals surface area contributed by atoms with Crippen LogP contribution in [0, 0.1) is 22.7 Å². The normalized spacial score (nSPS) is 9.10. The standard InChI is InChI=1S/C14H8ClN5O/c15-11-3-13(9-18-7-11)21-14-2-1-12(8-20-14)19-6-10(4-16)5-17/h1-3,6-9,19H. The number of nitriles is 2. The molecule has 2 heterocycles. The quantitative estimate of drug-likeness (QED) is 0.870. The third-order valence-corrected chi connectivity index (χ3v) is 2.47. The van der Waals surface area contributed by atoms with E-state index in [1.165, 1.54) is 24.8 Å². The van der Waals surface area contributed by atoms with Crippen molar-refractivity contribution in [3.05, 3.63) is 53.6 Å². The molecule has 0 saturated heterocycles. The molecule has 6 nitrogen and oxygen atoms in total. The Hall–Kier alpha value is -3.09. The van der Waals surface area contributed by atoms with Crippen molar-refractivity contribution in [2.45, 2.75) is 0 Å². The van der Waals surface area contributed by atoms with Crippen molar-refractivity contribution in [1.29, 1.82) is 10.5 Å². The Kier molecular flexibility index (Phi) is 4.70. The summed E-state index contributed by atoms with van der Waals surface area (Å²) >= 11 is 5.80. The minimum Gasteiger partial charge on any atom is -0.437 e. The van der Waals surface area contributed by atoms with Gasteiger partial charge >= 0.3 is 0 Å². The number of nitrogens with zero attached hydrogens (tertiary/aromatic N) is 4. The zero-order valence-electron chi connectivity index (χ0n) is 10.6. The van der Waals surface area contributed by atoms with Crippen molar-refractivity contribution in [3.8, 4) is 23.8 Å². The van der Waals surface area contributed by atoms with E-state index in [2.05, 4.69) is 15.3 Å². The lowest BCUT2D eigenvalue weighted by Crippen LogP contribution is -1.93. The summed E-state index contributed by atoms with van der Waals surface area (Å²) in [6, 6.07) is 8.44. The molecule has 102 valence electrons. The average Bonchev–Trinajstić information content (AvgIpc) is 2.50. The number of halogens is 1. The van der Waals surface area contributed by atoms with Crippen LogP contribution in [-0.4, -0.2) is 9.97 Å². The van der Waals surface area contributed by atoms with Crippen LogP contribution in [0.2, 0.25) is 5.02 Å². The Morgan fingerprint density at radius 1 is 1.24 bits per heavy atom. The fourth-order valence-corrected chi connectivity index (χ4v) is 1.50. The highest BCUT2D eigenvalue weighted by molar-refractivity contribution is 6.30. The number of pyridine rings is 2. The molecule has 1 N–H and O–H groups in total. The maximum absolute atomic E-state index is 8.60. The molecule has 0 aromatic carbocycles. The first-order valence-electron chi connectivity index (χ1n) is 5.72. The molecular formula is C14H8ClN5O. The highest BCUT2D eigenvalue weighted by Gasteiger charge is 2.00. The van der Waals surface area contributed by atoms with Gasteiger partial charge in [-0.05, 0) is 6.07 Å². The van der Waals surface area contributed by atoms with E-state index in [4.69, 9.17) is 26.9 Å². The molecule has 2 rings (SSSR count). The molecule has 0 aliphatic heterocycles. The van der Waals surface area contributed by atoms with Crippen molar-refractivity contribution in [2.75, 3.05) is 5.32 Å². The minimum atomic E-state index is -0.0275. The van der Waals surface area contributed by atoms with E-state index in [1.54, 1.807) is 30.3 Å². The predicted molar refractivity (Wildman–Crippen MR) is 76.5 cm³/mol. The largest absolute Gasteiger partial charge is 0.437 e. The molecule has 21 heavy (non-hydrogen) atoms. The summed E-state index contributed by atoms with van der Waals surface area (Å²) in [5, 5.41) is 20.5. The third kappa shape index (κ3) is 4.20. The van der Waals surface area contributed by atoms with Crippen LogP contribution < -0.4 is 10.1 Å². The lowest BCUT2D eigenvalue weighted by atomic mass is 10.3. The minimum absolute atomic E-state index is 0.0275. The Morgan fingerprint density at radius 3 is 2.67 bits per heavy atom. The number of aromatic nitrogens is 2. The second-order valence-corrected chi connectivity index (χ2v) is 4.19. The van der Waals surface area contributed by atoms with Gasteiger partial charge in [0.1, 0.15) is 23.5 Å². The van der Waals surface area contributed by atoms with Gasteiger partial charge in [-0.25, -0.2) is 4.98 Å². The van der Waals surface area contributed by atoms with Crippen LogP contribution in [0.3, 0.4) is 0 Å². The SMILES string of the molecule is N#CC(C#N)=CNc1ccc(Oc2cncc(Cl)c2)nc1. The van der Waals surface area contributed by atoms with E-state index in [0.717, 1.165) is 0 Å². The Bertz CT molecular complexity index is 727. The second kappa shape index (κ2) is 6.90. The van der Waals surface area contributed by atoms with Gasteiger partial charge in [-0.15, -0.1) is 0 Å². The van der Waals surface area contributed by atoms with Crippen molar-refractivity contribution < 1.29 is 4.74 Å². The maximum Gasteiger partial charge on any atom is 0.219 e. The van der Waals surface area contributed by atoms with Crippen LogP contribution in [0.1, 0.15) is 0 Å². The summed E-state index contributed by atoms with van der Waals surface area (Å²) in [6.45, 7) is 0.